The van der Waals surface area contributed by atoms with Crippen molar-refractivity contribution in [3.8, 4) is 5.75 Å². The molecule has 0 saturated carbocycles. The van der Waals surface area contributed by atoms with Crippen molar-refractivity contribution in [3.05, 3.63) is 23.8 Å². The van der Waals surface area contributed by atoms with Crippen LogP contribution in [0.15, 0.2) is 18.2 Å². The van der Waals surface area contributed by atoms with Crippen LogP contribution in [0.4, 0.5) is 5.69 Å². The van der Waals surface area contributed by atoms with E-state index in [9.17, 15) is 4.79 Å². The summed E-state index contributed by atoms with van der Waals surface area (Å²) in [5.41, 5.74) is 6.47. The molecular formula is C12H17NO3S. The zero-order valence-electron chi connectivity index (χ0n) is 10.1. The van der Waals surface area contributed by atoms with E-state index < -0.39 is 5.97 Å². The number of rotatable bonds is 6. The first kappa shape index (κ1) is 13.7. The number of nitrogens with two attached hydrogens (primary N) is 1. The van der Waals surface area contributed by atoms with Gasteiger partial charge in [0.1, 0.15) is 12.4 Å². The number of esters is 1. The van der Waals surface area contributed by atoms with Crippen LogP contribution in [-0.4, -0.2) is 31.2 Å². The van der Waals surface area contributed by atoms with Crippen LogP contribution in [0.1, 0.15) is 17.3 Å². The number of methoxy groups -OCH3 is 1. The molecule has 0 spiro atoms. The van der Waals surface area contributed by atoms with E-state index in [1.54, 1.807) is 37.1 Å². The Balaban J connectivity index is 2.61. The highest BCUT2D eigenvalue weighted by atomic mass is 32.2. The van der Waals surface area contributed by atoms with Crippen LogP contribution in [0.25, 0.3) is 0 Å². The maximum absolute atomic E-state index is 11.7. The van der Waals surface area contributed by atoms with Gasteiger partial charge in [0.05, 0.1) is 12.7 Å². The third-order valence-corrected chi connectivity index (χ3v) is 3.01. The Kier molecular flexibility index (Phi) is 5.69. The zero-order chi connectivity index (χ0) is 12.7. The number of anilines is 1. The van der Waals surface area contributed by atoms with Gasteiger partial charge in [0.2, 0.25) is 0 Å². The monoisotopic (exact) mass is 255 g/mol. The summed E-state index contributed by atoms with van der Waals surface area (Å²) in [6.45, 7) is 2.46. The van der Waals surface area contributed by atoms with Crippen molar-refractivity contribution in [2.75, 3.05) is 31.0 Å². The Hall–Kier alpha value is -1.36. The van der Waals surface area contributed by atoms with Gasteiger partial charge in [-0.3, -0.25) is 0 Å². The topological polar surface area (TPSA) is 61.5 Å². The van der Waals surface area contributed by atoms with E-state index in [1.807, 2.05) is 0 Å². The van der Waals surface area contributed by atoms with Crippen LogP contribution >= 0.6 is 11.8 Å². The van der Waals surface area contributed by atoms with Crippen LogP contribution in [0.3, 0.4) is 0 Å². The van der Waals surface area contributed by atoms with Crippen LogP contribution in [-0.2, 0) is 4.74 Å². The summed E-state index contributed by atoms with van der Waals surface area (Å²) in [6.07, 6.45) is 0. The summed E-state index contributed by atoms with van der Waals surface area (Å²) in [4.78, 5) is 11.7. The molecular weight excluding hydrogens is 238 g/mol. The first-order valence-electron chi connectivity index (χ1n) is 5.37. The SMILES string of the molecule is CCSCCOC(=O)c1cc(OC)ccc1N. The molecule has 0 aliphatic heterocycles. The molecule has 17 heavy (non-hydrogen) atoms. The molecule has 2 N–H and O–H groups in total. The minimum atomic E-state index is -0.405. The number of hydrogen-bond donors (Lipinski definition) is 1. The Morgan fingerprint density at radius 2 is 2.24 bits per heavy atom. The largest absolute Gasteiger partial charge is 0.497 e. The van der Waals surface area contributed by atoms with Crippen molar-refractivity contribution < 1.29 is 14.3 Å². The Bertz CT molecular complexity index is 382. The second kappa shape index (κ2) is 7.06. The highest BCUT2D eigenvalue weighted by Gasteiger charge is 2.12. The van der Waals surface area contributed by atoms with Crippen LogP contribution in [0.5, 0.6) is 5.75 Å². The third-order valence-electron chi connectivity index (χ3n) is 2.15. The van der Waals surface area contributed by atoms with Crippen molar-refractivity contribution in [2.24, 2.45) is 0 Å². The van der Waals surface area contributed by atoms with Gasteiger partial charge >= 0.3 is 5.97 Å². The molecule has 0 aliphatic rings. The molecule has 0 heterocycles. The van der Waals surface area contributed by atoms with Crippen LogP contribution in [0.2, 0.25) is 0 Å². The number of hydrogen-bond acceptors (Lipinski definition) is 5. The Labute approximate surface area is 105 Å². The summed E-state index contributed by atoms with van der Waals surface area (Å²) in [5, 5.41) is 0. The number of carbonyl (C=O) groups is 1. The molecule has 0 atom stereocenters. The summed E-state index contributed by atoms with van der Waals surface area (Å²) < 4.78 is 10.2. The van der Waals surface area contributed by atoms with E-state index in [-0.39, 0.29) is 0 Å². The fourth-order valence-corrected chi connectivity index (χ4v) is 1.74. The van der Waals surface area contributed by atoms with Crippen molar-refractivity contribution >= 4 is 23.4 Å². The molecule has 0 aromatic heterocycles. The fourth-order valence-electron chi connectivity index (χ4n) is 1.25. The molecule has 0 radical (unpaired) electrons. The molecule has 0 unspecified atom stereocenters. The molecule has 0 amide bonds. The van der Waals surface area contributed by atoms with Crippen LogP contribution < -0.4 is 10.5 Å². The van der Waals surface area contributed by atoms with Gasteiger partial charge in [-0.25, -0.2) is 4.79 Å². The van der Waals surface area contributed by atoms with Gasteiger partial charge in [0.15, 0.2) is 0 Å². The number of nitrogen functional groups attached to an aromatic ring is 1. The predicted octanol–water partition coefficient (Wildman–Crippen LogP) is 2.19. The van der Waals surface area contributed by atoms with Crippen molar-refractivity contribution in [2.45, 2.75) is 6.92 Å². The normalized spacial score (nSPS) is 10.0. The summed E-state index contributed by atoms with van der Waals surface area (Å²) in [5.74, 6) is 2.00. The maximum Gasteiger partial charge on any atom is 0.340 e. The molecule has 0 fully saturated rings. The minimum Gasteiger partial charge on any atom is -0.497 e. The van der Waals surface area contributed by atoms with Crippen molar-refractivity contribution in [1.29, 1.82) is 0 Å². The van der Waals surface area contributed by atoms with Crippen molar-refractivity contribution in [3.63, 3.8) is 0 Å². The number of benzene rings is 1. The highest BCUT2D eigenvalue weighted by molar-refractivity contribution is 7.99. The van der Waals surface area contributed by atoms with Crippen molar-refractivity contribution in [1.82, 2.24) is 0 Å². The number of carbonyl (C=O) groups excluding carboxylic acids is 1. The Morgan fingerprint density at radius 3 is 2.88 bits per heavy atom. The van der Waals surface area contributed by atoms with E-state index in [4.69, 9.17) is 15.2 Å². The van der Waals surface area contributed by atoms with E-state index in [0.29, 0.717) is 23.6 Å². The summed E-state index contributed by atoms with van der Waals surface area (Å²) in [6, 6.07) is 4.93. The highest BCUT2D eigenvalue weighted by Crippen LogP contribution is 2.20. The van der Waals surface area contributed by atoms with Gasteiger partial charge in [-0.1, -0.05) is 6.92 Å². The second-order valence-electron chi connectivity index (χ2n) is 3.29. The maximum atomic E-state index is 11.7. The van der Waals surface area contributed by atoms with Gasteiger partial charge in [-0.2, -0.15) is 11.8 Å². The molecule has 94 valence electrons. The lowest BCUT2D eigenvalue weighted by Gasteiger charge is -2.08. The standard InChI is InChI=1S/C12H17NO3S/c1-3-17-7-6-16-12(14)10-8-9(15-2)4-5-11(10)13/h4-5,8H,3,6-7,13H2,1-2H3. The van der Waals surface area contributed by atoms with Gasteiger partial charge in [0, 0.05) is 11.4 Å². The molecule has 1 rings (SSSR count). The first-order chi connectivity index (χ1) is 8.19. The smallest absolute Gasteiger partial charge is 0.340 e. The average Bonchev–Trinajstić information content (AvgIpc) is 2.35. The number of thioether (sulfide) groups is 1. The average molecular weight is 255 g/mol. The lowest BCUT2D eigenvalue weighted by molar-refractivity contribution is 0.0531. The zero-order valence-corrected chi connectivity index (χ0v) is 10.9. The fraction of sp³-hybridized carbons (Fsp3) is 0.417. The van der Waals surface area contributed by atoms with E-state index in [1.165, 1.54) is 0 Å². The predicted molar refractivity (Wildman–Crippen MR) is 70.7 cm³/mol. The molecule has 0 saturated heterocycles. The molecule has 1 aromatic rings. The first-order valence-corrected chi connectivity index (χ1v) is 6.53. The Morgan fingerprint density at radius 1 is 1.47 bits per heavy atom. The summed E-state index contributed by atoms with van der Waals surface area (Å²) in [7, 11) is 1.54. The third kappa shape index (κ3) is 4.19. The van der Waals surface area contributed by atoms with Gasteiger partial charge in [-0.05, 0) is 24.0 Å². The minimum absolute atomic E-state index is 0.353. The van der Waals surface area contributed by atoms with Gasteiger partial charge in [-0.15, -0.1) is 0 Å². The second-order valence-corrected chi connectivity index (χ2v) is 4.68. The molecule has 0 aliphatic carbocycles. The summed E-state index contributed by atoms with van der Waals surface area (Å²) >= 11 is 1.72. The lowest BCUT2D eigenvalue weighted by atomic mass is 10.2. The quantitative estimate of drug-likeness (QED) is 0.479. The van der Waals surface area contributed by atoms with Gasteiger partial charge < -0.3 is 15.2 Å². The number of ether oxygens (including phenoxy) is 2. The molecule has 0 bridgehead atoms. The molecule has 1 aromatic carbocycles. The molecule has 4 nitrogen and oxygen atoms in total. The van der Waals surface area contributed by atoms with Crippen LogP contribution in [0, 0.1) is 0 Å². The molecule has 5 heteroatoms. The van der Waals surface area contributed by atoms with E-state index in [2.05, 4.69) is 6.92 Å². The van der Waals surface area contributed by atoms with E-state index in [0.717, 1.165) is 11.5 Å². The lowest BCUT2D eigenvalue weighted by Crippen LogP contribution is -2.10. The van der Waals surface area contributed by atoms with Gasteiger partial charge in [0.25, 0.3) is 0 Å². The van der Waals surface area contributed by atoms with E-state index >= 15 is 0 Å².